The average Bonchev–Trinajstić information content (AvgIpc) is 3.56. The number of nitrogens with zero attached hydrogens (tertiary/aromatic N) is 3. The van der Waals surface area contributed by atoms with Crippen molar-refractivity contribution >= 4 is 29.4 Å². The van der Waals surface area contributed by atoms with E-state index in [1.807, 2.05) is 48.5 Å². The molecular formula is C40H42N4NiO6. The first-order chi connectivity index (χ1) is 24.0. The summed E-state index contributed by atoms with van der Waals surface area (Å²) in [6.07, 6.45) is 0.740. The fourth-order valence-corrected chi connectivity index (χ4v) is 5.97. The third-order valence-corrected chi connectivity index (χ3v) is 8.29. The summed E-state index contributed by atoms with van der Waals surface area (Å²) >= 11 is 0. The van der Waals surface area contributed by atoms with Crippen LogP contribution in [0.1, 0.15) is 61.9 Å². The quantitative estimate of drug-likeness (QED) is 0.123. The molecule has 0 unspecified atom stereocenters. The molecule has 1 aliphatic heterocycles. The van der Waals surface area contributed by atoms with E-state index in [-0.39, 0.29) is 28.1 Å². The Morgan fingerprint density at radius 2 is 1.53 bits per heavy atom. The third-order valence-electron chi connectivity index (χ3n) is 8.29. The zero-order valence-corrected chi connectivity index (χ0v) is 30.0. The van der Waals surface area contributed by atoms with Gasteiger partial charge < -0.3 is 29.8 Å². The van der Waals surface area contributed by atoms with Crippen LogP contribution >= 0.6 is 0 Å². The molecule has 4 aromatic carbocycles. The summed E-state index contributed by atoms with van der Waals surface area (Å²) in [6.45, 7) is 6.56. The zero-order valence-electron chi connectivity index (χ0n) is 29.1. The largest absolute Gasteiger partial charge is 2.00 e. The van der Waals surface area contributed by atoms with Gasteiger partial charge in [-0.3, -0.25) is 14.9 Å². The molecule has 10 nitrogen and oxygen atoms in total. The molecule has 0 aromatic heterocycles. The monoisotopic (exact) mass is 732 g/mol. The van der Waals surface area contributed by atoms with E-state index in [2.05, 4.69) is 15.2 Å². The second-order valence-electron chi connectivity index (χ2n) is 13.1. The molecule has 1 N–H and O–H groups in total. The van der Waals surface area contributed by atoms with Crippen molar-refractivity contribution in [1.82, 2.24) is 10.2 Å². The van der Waals surface area contributed by atoms with Gasteiger partial charge >= 0.3 is 22.6 Å². The predicted octanol–water partition coefficient (Wildman–Crippen LogP) is 4.97. The second-order valence-corrected chi connectivity index (χ2v) is 13.1. The van der Waals surface area contributed by atoms with Crippen LogP contribution in [0.3, 0.4) is 0 Å². The first kappa shape index (κ1) is 38.8. The molecule has 1 fully saturated rings. The maximum absolute atomic E-state index is 13.8. The summed E-state index contributed by atoms with van der Waals surface area (Å²) < 4.78 is 10.8. The van der Waals surface area contributed by atoms with Gasteiger partial charge in [-0.15, -0.1) is 0 Å². The Bertz CT molecular complexity index is 1810. The predicted molar refractivity (Wildman–Crippen MR) is 189 cm³/mol. The van der Waals surface area contributed by atoms with Gasteiger partial charge in [0.2, 0.25) is 0 Å². The summed E-state index contributed by atoms with van der Waals surface area (Å²) in [7, 11) is 1.52. The van der Waals surface area contributed by atoms with Gasteiger partial charge in [0.05, 0.1) is 30.5 Å². The normalized spacial score (nSPS) is 16.4. The maximum Gasteiger partial charge on any atom is 2.00 e. The molecule has 0 aliphatic carbocycles. The van der Waals surface area contributed by atoms with Gasteiger partial charge in [0.15, 0.2) is 0 Å². The number of hydrogen-bond donors (Lipinski definition) is 1. The number of rotatable bonds is 12. The second kappa shape index (κ2) is 17.8. The summed E-state index contributed by atoms with van der Waals surface area (Å²) in [5.41, 5.74) is 2.38. The number of amides is 1. The van der Waals surface area contributed by atoms with E-state index in [1.165, 1.54) is 7.11 Å². The van der Waals surface area contributed by atoms with Crippen molar-refractivity contribution < 1.29 is 45.8 Å². The number of aliphatic imine (C=N–C) groups is 2. The number of hydrogen-bond acceptors (Lipinski definition) is 9. The van der Waals surface area contributed by atoms with E-state index >= 15 is 0 Å². The minimum Gasteiger partial charge on any atom is -0.861 e. The van der Waals surface area contributed by atoms with Crippen LogP contribution in [0, 0.1) is 0 Å². The number of ether oxygens (including phenoxy) is 2. The summed E-state index contributed by atoms with van der Waals surface area (Å²) in [4.78, 5) is 37.6. The number of likely N-dealkylation sites (tertiary alicyclic amines) is 1. The molecule has 0 saturated carbocycles. The molecule has 1 saturated heterocycles. The van der Waals surface area contributed by atoms with Gasteiger partial charge in [0, 0.05) is 23.7 Å². The SMILES string of the molecule is COc1ccc([C@H](NC(=O)OC(C)(C)C)[C@@H](N=C(c2ccccc2)c2ccccc2N=C([O-])[C@H]2CCCN2Cc2ccccc2)C(=O)[O-])cc1.[Ni+2]. The number of nitrogens with one attached hydrogen (secondary N) is 1. The van der Waals surface area contributed by atoms with Crippen LogP contribution in [0.4, 0.5) is 10.5 Å². The van der Waals surface area contributed by atoms with E-state index in [4.69, 9.17) is 14.5 Å². The Morgan fingerprint density at radius 1 is 0.902 bits per heavy atom. The van der Waals surface area contributed by atoms with Gasteiger partial charge in [-0.2, -0.15) is 0 Å². The van der Waals surface area contributed by atoms with Crippen molar-refractivity contribution in [3.63, 3.8) is 0 Å². The number of alkyl carbamates (subject to hydrolysis) is 1. The number of benzene rings is 4. The number of carboxylic acid groups (broad SMARTS) is 1. The molecule has 0 spiro atoms. The standard InChI is InChI=1S/C40H44N4O6.Ni/c1-40(2,3)50-39(48)43-35(29-21-23-30(49-4)24-22-29)36(38(46)47)42-34(28-16-9-6-10-17-28)31-18-11-12-19-32(31)41-37(45)33-20-13-25-44(33)26-27-14-7-5-8-15-27;/h5-12,14-19,21-24,33,35-36H,13,20,25-26H2,1-4H3,(H,41,45)(H,43,48)(H,46,47);/q;+2/p-2/t33-,35+,36-;/m1./s1. The van der Waals surface area contributed by atoms with Gasteiger partial charge in [0.1, 0.15) is 17.4 Å². The van der Waals surface area contributed by atoms with Gasteiger partial charge in [-0.05, 0) is 75.4 Å². The molecule has 268 valence electrons. The van der Waals surface area contributed by atoms with Crippen LogP contribution < -0.4 is 20.3 Å². The van der Waals surface area contributed by atoms with E-state index in [0.29, 0.717) is 41.1 Å². The van der Waals surface area contributed by atoms with Crippen molar-refractivity contribution in [2.24, 2.45) is 9.98 Å². The number of carbonyl (C=O) groups excluding carboxylic acids is 2. The number of carbonyl (C=O) groups is 2. The first-order valence-corrected chi connectivity index (χ1v) is 16.6. The van der Waals surface area contributed by atoms with Crippen LogP contribution in [-0.2, 0) is 32.6 Å². The third kappa shape index (κ3) is 10.5. The molecule has 1 aliphatic rings. The summed E-state index contributed by atoms with van der Waals surface area (Å²) in [6, 6.07) is 29.5. The minimum absolute atomic E-state index is 0. The molecule has 51 heavy (non-hydrogen) atoms. The Kier molecular flexibility index (Phi) is 13.5. The van der Waals surface area contributed by atoms with Crippen molar-refractivity contribution in [3.8, 4) is 5.75 Å². The molecule has 0 bridgehead atoms. The van der Waals surface area contributed by atoms with Crippen molar-refractivity contribution in [1.29, 1.82) is 0 Å². The van der Waals surface area contributed by atoms with Crippen LogP contribution in [0.2, 0.25) is 0 Å². The summed E-state index contributed by atoms with van der Waals surface area (Å²) in [5.74, 6) is -1.26. The molecule has 0 radical (unpaired) electrons. The van der Waals surface area contributed by atoms with Crippen LogP contribution in [0.5, 0.6) is 5.75 Å². The molecule has 5 rings (SSSR count). The van der Waals surface area contributed by atoms with Gasteiger partial charge in [-0.1, -0.05) is 91.0 Å². The zero-order chi connectivity index (χ0) is 35.7. The Hall–Kier alpha value is -4.99. The van der Waals surface area contributed by atoms with E-state index in [0.717, 1.165) is 18.5 Å². The van der Waals surface area contributed by atoms with Crippen molar-refractivity contribution in [2.45, 2.75) is 63.9 Å². The molecule has 3 atom stereocenters. The topological polar surface area (TPSA) is 139 Å². The number of methoxy groups -OCH3 is 1. The number of para-hydroxylation sites is 1. The molecular weight excluding hydrogens is 691 g/mol. The van der Waals surface area contributed by atoms with E-state index < -0.39 is 35.8 Å². The first-order valence-electron chi connectivity index (χ1n) is 16.6. The Labute approximate surface area is 309 Å². The van der Waals surface area contributed by atoms with Gasteiger partial charge in [0.25, 0.3) is 0 Å². The van der Waals surface area contributed by atoms with E-state index in [9.17, 15) is 19.8 Å². The number of carboxylic acids is 1. The smallest absolute Gasteiger partial charge is 0.861 e. The fraction of sp³-hybridized carbons (Fsp3) is 0.300. The Morgan fingerprint density at radius 3 is 2.16 bits per heavy atom. The molecule has 1 heterocycles. The Balaban J connectivity index is 0.00000583. The van der Waals surface area contributed by atoms with Crippen LogP contribution in [-0.4, -0.2) is 59.9 Å². The minimum atomic E-state index is -1.62. The number of aliphatic carboxylic acids is 1. The molecule has 4 aromatic rings. The van der Waals surface area contributed by atoms with Gasteiger partial charge in [-0.25, -0.2) is 4.79 Å². The summed E-state index contributed by atoms with van der Waals surface area (Å²) in [5, 5.41) is 29.5. The average molecular weight is 733 g/mol. The van der Waals surface area contributed by atoms with Crippen LogP contribution in [0.15, 0.2) is 119 Å². The molecule has 11 heteroatoms. The maximum atomic E-state index is 13.8. The van der Waals surface area contributed by atoms with E-state index in [1.54, 1.807) is 81.4 Å². The molecule has 1 amide bonds. The fourth-order valence-electron chi connectivity index (χ4n) is 5.97. The van der Waals surface area contributed by atoms with Crippen molar-refractivity contribution in [3.05, 3.63) is 131 Å². The van der Waals surface area contributed by atoms with Crippen LogP contribution in [0.25, 0.3) is 0 Å². The van der Waals surface area contributed by atoms with Crippen molar-refractivity contribution in [2.75, 3.05) is 13.7 Å².